The molecule has 1 aliphatic rings. The number of hydrogen-bond acceptors (Lipinski definition) is 4. The minimum atomic E-state index is -0.786. The predicted octanol–water partition coefficient (Wildman–Crippen LogP) is 3.58. The maximum absolute atomic E-state index is 13.6. The fourth-order valence-electron chi connectivity index (χ4n) is 5.07. The van der Waals surface area contributed by atoms with Gasteiger partial charge in [-0.2, -0.15) is 0 Å². The molecule has 4 rings (SSSR count). The smallest absolute Gasteiger partial charge is 0.243 e. The van der Waals surface area contributed by atoms with Crippen LogP contribution in [-0.2, 0) is 35.4 Å². The second-order valence-corrected chi connectivity index (χ2v) is 9.70. The lowest BCUT2D eigenvalue weighted by Crippen LogP contribution is -2.56. The van der Waals surface area contributed by atoms with Crippen LogP contribution in [0.4, 0.5) is 0 Å². The zero-order chi connectivity index (χ0) is 25.7. The Hall–Kier alpha value is -3.64. The molecule has 3 aromatic rings. The van der Waals surface area contributed by atoms with Crippen molar-refractivity contribution in [2.24, 2.45) is 5.73 Å². The first-order chi connectivity index (χ1) is 17.3. The summed E-state index contributed by atoms with van der Waals surface area (Å²) in [6, 6.07) is 20.1. The number of fused-ring (bicyclic) bond motifs is 1. The molecule has 0 fully saturated rings. The van der Waals surface area contributed by atoms with E-state index in [1.54, 1.807) is 17.0 Å². The second kappa shape index (κ2) is 11.4. The molecule has 0 saturated carbocycles. The van der Waals surface area contributed by atoms with Crippen molar-refractivity contribution >= 4 is 11.8 Å². The van der Waals surface area contributed by atoms with E-state index in [1.165, 1.54) is 5.56 Å². The van der Waals surface area contributed by atoms with E-state index in [-0.39, 0.29) is 17.6 Å². The van der Waals surface area contributed by atoms with Gasteiger partial charge in [0.25, 0.3) is 0 Å². The van der Waals surface area contributed by atoms with Crippen LogP contribution in [0.1, 0.15) is 39.8 Å². The van der Waals surface area contributed by atoms with Crippen LogP contribution in [0, 0.1) is 13.8 Å². The lowest BCUT2D eigenvalue weighted by Gasteiger charge is -2.37. The van der Waals surface area contributed by atoms with Gasteiger partial charge in [-0.25, -0.2) is 0 Å². The lowest BCUT2D eigenvalue weighted by molar-refractivity contribution is -0.142. The molecule has 1 heterocycles. The van der Waals surface area contributed by atoms with Crippen molar-refractivity contribution in [1.29, 1.82) is 0 Å². The molecule has 0 saturated heterocycles. The zero-order valence-corrected chi connectivity index (χ0v) is 21.0. The predicted molar refractivity (Wildman–Crippen MR) is 142 cm³/mol. The number of nitrogens with zero attached hydrogens (tertiary/aromatic N) is 1. The van der Waals surface area contributed by atoms with Crippen molar-refractivity contribution in [2.45, 2.75) is 58.2 Å². The Morgan fingerprint density at radius 1 is 1.03 bits per heavy atom. The van der Waals surface area contributed by atoms with Gasteiger partial charge in [-0.15, -0.1) is 0 Å². The zero-order valence-electron chi connectivity index (χ0n) is 21.0. The monoisotopic (exact) mass is 485 g/mol. The van der Waals surface area contributed by atoms with E-state index in [9.17, 15) is 14.7 Å². The molecule has 6 heteroatoms. The van der Waals surface area contributed by atoms with Crippen LogP contribution < -0.4 is 11.1 Å². The van der Waals surface area contributed by atoms with Gasteiger partial charge < -0.3 is 21.1 Å². The van der Waals surface area contributed by atoms with Crippen LogP contribution in [0.15, 0.2) is 66.7 Å². The molecule has 3 aromatic carbocycles. The third-order valence-electron chi connectivity index (χ3n) is 7.04. The summed E-state index contributed by atoms with van der Waals surface area (Å²) in [6.07, 6.45) is 2.52. The molecule has 0 aliphatic carbocycles. The summed E-state index contributed by atoms with van der Waals surface area (Å²) >= 11 is 0. The SMILES string of the molecule is Cc1cc(O)cc(C)c1CC(N)C(=O)N1Cc2ccccc2C[C@@H]1C(=O)NCCCc1ccccc1. The topological polar surface area (TPSA) is 95.7 Å². The van der Waals surface area contributed by atoms with Crippen molar-refractivity contribution < 1.29 is 14.7 Å². The van der Waals surface area contributed by atoms with E-state index < -0.39 is 12.1 Å². The highest BCUT2D eigenvalue weighted by molar-refractivity contribution is 5.90. The number of carbonyl (C=O) groups is 2. The molecule has 0 radical (unpaired) electrons. The largest absolute Gasteiger partial charge is 0.508 e. The average Bonchev–Trinajstić information content (AvgIpc) is 2.87. The summed E-state index contributed by atoms with van der Waals surface area (Å²) in [4.78, 5) is 28.5. The van der Waals surface area contributed by atoms with Gasteiger partial charge in [-0.3, -0.25) is 9.59 Å². The Kier molecular flexibility index (Phi) is 8.06. The Bertz CT molecular complexity index is 1200. The van der Waals surface area contributed by atoms with E-state index in [0.29, 0.717) is 25.9 Å². The van der Waals surface area contributed by atoms with Crippen molar-refractivity contribution in [2.75, 3.05) is 6.54 Å². The van der Waals surface area contributed by atoms with Crippen LogP contribution >= 0.6 is 0 Å². The van der Waals surface area contributed by atoms with Gasteiger partial charge in [0.05, 0.1) is 6.04 Å². The summed E-state index contributed by atoms with van der Waals surface area (Å²) < 4.78 is 0. The number of amides is 2. The Morgan fingerprint density at radius 3 is 2.36 bits per heavy atom. The van der Waals surface area contributed by atoms with Crippen LogP contribution in [0.5, 0.6) is 5.75 Å². The van der Waals surface area contributed by atoms with Crippen LogP contribution in [0.3, 0.4) is 0 Å². The Morgan fingerprint density at radius 2 is 1.67 bits per heavy atom. The average molecular weight is 486 g/mol. The van der Waals surface area contributed by atoms with Gasteiger partial charge in [0.2, 0.25) is 11.8 Å². The number of aromatic hydroxyl groups is 1. The van der Waals surface area contributed by atoms with Gasteiger partial charge >= 0.3 is 0 Å². The van der Waals surface area contributed by atoms with Crippen molar-refractivity contribution in [3.05, 3.63) is 100 Å². The summed E-state index contributed by atoms with van der Waals surface area (Å²) in [5.74, 6) is -0.179. The highest BCUT2D eigenvalue weighted by Crippen LogP contribution is 2.26. The number of phenols is 1. The van der Waals surface area contributed by atoms with E-state index >= 15 is 0 Å². The number of rotatable bonds is 8. The molecule has 36 heavy (non-hydrogen) atoms. The fraction of sp³-hybridized carbons (Fsp3) is 0.333. The van der Waals surface area contributed by atoms with E-state index in [0.717, 1.165) is 40.7 Å². The van der Waals surface area contributed by atoms with E-state index in [1.807, 2.05) is 56.3 Å². The van der Waals surface area contributed by atoms with E-state index in [4.69, 9.17) is 5.73 Å². The first kappa shape index (κ1) is 25.5. The summed E-state index contributed by atoms with van der Waals surface area (Å²) in [7, 11) is 0. The lowest BCUT2D eigenvalue weighted by atomic mass is 9.91. The van der Waals surface area contributed by atoms with Crippen molar-refractivity contribution in [3.8, 4) is 5.75 Å². The van der Waals surface area contributed by atoms with Gasteiger partial charge in [0.1, 0.15) is 11.8 Å². The van der Waals surface area contributed by atoms with Crippen LogP contribution in [0.2, 0.25) is 0 Å². The number of hydrogen-bond donors (Lipinski definition) is 3. The maximum Gasteiger partial charge on any atom is 0.243 e. The van der Waals surface area contributed by atoms with Gasteiger partial charge in [0, 0.05) is 19.5 Å². The highest BCUT2D eigenvalue weighted by Gasteiger charge is 2.36. The van der Waals surface area contributed by atoms with Crippen LogP contribution in [0.25, 0.3) is 0 Å². The van der Waals surface area contributed by atoms with Crippen LogP contribution in [-0.4, -0.2) is 40.4 Å². The molecular formula is C30H35N3O3. The molecule has 1 aliphatic heterocycles. The standard InChI is InChI=1S/C30H35N3O3/c1-20-15-25(34)16-21(2)26(20)18-27(31)30(36)33-19-24-13-7-6-12-23(24)17-28(33)29(35)32-14-8-11-22-9-4-3-5-10-22/h3-7,9-10,12-13,15-16,27-28,34H,8,11,14,17-19,31H2,1-2H3,(H,32,35)/t27?,28-/m1/s1. The second-order valence-electron chi connectivity index (χ2n) is 9.70. The summed E-state index contributed by atoms with van der Waals surface area (Å²) in [6.45, 7) is 4.72. The molecule has 2 atom stereocenters. The summed E-state index contributed by atoms with van der Waals surface area (Å²) in [5, 5.41) is 12.9. The third kappa shape index (κ3) is 5.94. The number of phenolic OH excluding ortho intramolecular Hbond substituents is 1. The molecule has 0 aromatic heterocycles. The highest BCUT2D eigenvalue weighted by atomic mass is 16.3. The fourth-order valence-corrected chi connectivity index (χ4v) is 5.07. The minimum absolute atomic E-state index is 0.143. The number of nitrogens with two attached hydrogens (primary N) is 1. The molecule has 6 nitrogen and oxygen atoms in total. The molecule has 1 unspecified atom stereocenters. The Balaban J connectivity index is 1.46. The normalized spacial score (nSPS) is 15.8. The first-order valence-corrected chi connectivity index (χ1v) is 12.6. The quantitative estimate of drug-likeness (QED) is 0.425. The molecule has 0 spiro atoms. The number of carbonyl (C=O) groups excluding carboxylic acids is 2. The molecule has 0 bridgehead atoms. The number of aryl methyl sites for hydroxylation is 3. The molecule has 188 valence electrons. The van der Waals surface area contributed by atoms with Gasteiger partial charge in [-0.1, -0.05) is 54.6 Å². The minimum Gasteiger partial charge on any atom is -0.508 e. The summed E-state index contributed by atoms with van der Waals surface area (Å²) in [5.41, 5.74) is 12.6. The van der Waals surface area contributed by atoms with Crippen molar-refractivity contribution in [3.63, 3.8) is 0 Å². The maximum atomic E-state index is 13.6. The molecular weight excluding hydrogens is 450 g/mol. The van der Waals surface area contributed by atoms with Gasteiger partial charge in [0.15, 0.2) is 0 Å². The van der Waals surface area contributed by atoms with Gasteiger partial charge in [-0.05, 0) is 78.6 Å². The third-order valence-corrected chi connectivity index (χ3v) is 7.04. The van der Waals surface area contributed by atoms with Crippen molar-refractivity contribution in [1.82, 2.24) is 10.2 Å². The Labute approximate surface area is 213 Å². The number of benzene rings is 3. The molecule has 2 amide bonds. The first-order valence-electron chi connectivity index (χ1n) is 12.6. The number of nitrogens with one attached hydrogen (secondary N) is 1. The molecule has 4 N–H and O–H groups in total. The van der Waals surface area contributed by atoms with E-state index in [2.05, 4.69) is 17.4 Å².